The van der Waals surface area contributed by atoms with E-state index >= 15 is 0 Å². The Balaban J connectivity index is 0.000000949. The molecule has 1 N–H and O–H groups in total. The van der Waals surface area contributed by atoms with Crippen LogP contribution >= 0.6 is 0 Å². The average Bonchev–Trinajstić information content (AvgIpc) is 3.08. The van der Waals surface area contributed by atoms with E-state index in [1.54, 1.807) is 6.20 Å². The van der Waals surface area contributed by atoms with E-state index in [1.807, 2.05) is 68.4 Å². The SMILES string of the molecule is C.CC.CCC.O=C(Cc1ccccc1)C(=O)c1c[nH]c2ccccc12. The van der Waals surface area contributed by atoms with E-state index in [4.69, 9.17) is 0 Å². The smallest absolute Gasteiger partial charge is 0.231 e. The summed E-state index contributed by atoms with van der Waals surface area (Å²) in [5, 5.41) is 0.791. The van der Waals surface area contributed by atoms with E-state index in [0.29, 0.717) is 5.56 Å². The van der Waals surface area contributed by atoms with Crippen molar-refractivity contribution >= 4 is 22.5 Å². The average molecular weight is 354 g/mol. The van der Waals surface area contributed by atoms with Gasteiger partial charge in [-0.1, -0.05) is 90.1 Å². The highest BCUT2D eigenvalue weighted by atomic mass is 16.2. The maximum Gasteiger partial charge on any atom is 0.231 e. The molecule has 1 aromatic heterocycles. The zero-order chi connectivity index (χ0) is 18.7. The summed E-state index contributed by atoms with van der Waals surface area (Å²) in [6.07, 6.45) is 3.00. The van der Waals surface area contributed by atoms with Crippen LogP contribution in [0.4, 0.5) is 0 Å². The largest absolute Gasteiger partial charge is 0.360 e. The van der Waals surface area contributed by atoms with Crippen LogP contribution in [0.25, 0.3) is 10.9 Å². The summed E-state index contributed by atoms with van der Waals surface area (Å²) < 4.78 is 0. The molecule has 3 heteroatoms. The Labute approximate surface area is 157 Å². The van der Waals surface area contributed by atoms with Crippen molar-refractivity contribution in [1.82, 2.24) is 4.98 Å². The van der Waals surface area contributed by atoms with Gasteiger partial charge in [0.15, 0.2) is 0 Å². The fraction of sp³-hybridized carbons (Fsp3) is 0.304. The normalized spacial score (nSPS) is 9.08. The topological polar surface area (TPSA) is 49.9 Å². The van der Waals surface area contributed by atoms with E-state index in [0.717, 1.165) is 16.5 Å². The maximum absolute atomic E-state index is 12.3. The molecular formula is C23H31NO2. The van der Waals surface area contributed by atoms with Gasteiger partial charge in [0.25, 0.3) is 0 Å². The van der Waals surface area contributed by atoms with Crippen LogP contribution < -0.4 is 0 Å². The third-order valence-corrected chi connectivity index (χ3v) is 3.29. The van der Waals surface area contributed by atoms with E-state index in [-0.39, 0.29) is 19.6 Å². The molecule has 0 amide bonds. The number of rotatable bonds is 4. The van der Waals surface area contributed by atoms with Gasteiger partial charge in [0.1, 0.15) is 0 Å². The summed E-state index contributed by atoms with van der Waals surface area (Å²) in [4.78, 5) is 27.4. The van der Waals surface area contributed by atoms with Crippen molar-refractivity contribution in [3.63, 3.8) is 0 Å². The number of para-hydroxylation sites is 1. The minimum atomic E-state index is -0.439. The lowest BCUT2D eigenvalue weighted by molar-refractivity contribution is -0.114. The maximum atomic E-state index is 12.3. The molecule has 0 spiro atoms. The number of fused-ring (bicyclic) bond motifs is 1. The van der Waals surface area contributed by atoms with Crippen LogP contribution in [0.15, 0.2) is 60.8 Å². The van der Waals surface area contributed by atoms with Gasteiger partial charge in [-0.15, -0.1) is 0 Å². The number of aromatic amines is 1. The third-order valence-electron chi connectivity index (χ3n) is 3.29. The summed E-state index contributed by atoms with van der Waals surface area (Å²) in [5.41, 5.74) is 2.16. The van der Waals surface area contributed by atoms with Crippen LogP contribution in [0.5, 0.6) is 0 Å². The second kappa shape index (κ2) is 12.6. The highest BCUT2D eigenvalue weighted by Gasteiger charge is 2.19. The minimum absolute atomic E-state index is 0. The van der Waals surface area contributed by atoms with Gasteiger partial charge in [-0.25, -0.2) is 0 Å². The molecule has 1 heterocycles. The number of carbonyl (C=O) groups excluding carboxylic acids is 2. The van der Waals surface area contributed by atoms with Gasteiger partial charge in [-0.05, 0) is 11.6 Å². The molecule has 0 unspecified atom stereocenters. The Kier molecular flexibility index (Phi) is 11.3. The number of aromatic nitrogens is 1. The molecule has 0 aliphatic rings. The standard InChI is InChI=1S/C17H13NO2.C3H8.C2H6.CH4/c19-16(10-12-6-2-1-3-7-12)17(20)14-11-18-15-9-5-4-8-13(14)15;1-3-2;1-2;/h1-9,11,18H,10H2;3H2,1-2H3;1-2H3;1H4. The van der Waals surface area contributed by atoms with Crippen molar-refractivity contribution in [2.24, 2.45) is 0 Å². The molecule has 3 nitrogen and oxygen atoms in total. The molecule has 0 atom stereocenters. The molecule has 26 heavy (non-hydrogen) atoms. The number of Topliss-reactive ketones (excluding diaryl/α,β-unsaturated/α-hetero) is 2. The Hall–Kier alpha value is -2.68. The van der Waals surface area contributed by atoms with Gasteiger partial charge in [0.05, 0.1) is 5.56 Å². The molecule has 0 aliphatic heterocycles. The zero-order valence-electron chi connectivity index (χ0n) is 15.5. The molecule has 0 aliphatic carbocycles. The summed E-state index contributed by atoms with van der Waals surface area (Å²) in [7, 11) is 0. The fourth-order valence-corrected chi connectivity index (χ4v) is 2.27. The Morgan fingerprint density at radius 1 is 0.885 bits per heavy atom. The van der Waals surface area contributed by atoms with Gasteiger partial charge in [-0.3, -0.25) is 9.59 Å². The van der Waals surface area contributed by atoms with Gasteiger partial charge < -0.3 is 4.98 Å². The Morgan fingerprint density at radius 2 is 1.42 bits per heavy atom. The van der Waals surface area contributed by atoms with Gasteiger partial charge in [0.2, 0.25) is 11.6 Å². The molecule has 0 saturated heterocycles. The summed E-state index contributed by atoms with van der Waals surface area (Å²) in [6, 6.07) is 16.8. The first kappa shape index (κ1) is 23.3. The lowest BCUT2D eigenvalue weighted by Gasteiger charge is -2.00. The predicted molar refractivity (Wildman–Crippen MR) is 112 cm³/mol. The molecule has 0 saturated carbocycles. The van der Waals surface area contributed by atoms with E-state index in [9.17, 15) is 9.59 Å². The number of hydrogen-bond acceptors (Lipinski definition) is 2. The Morgan fingerprint density at radius 3 is 2.04 bits per heavy atom. The number of ketones is 2. The van der Waals surface area contributed by atoms with E-state index in [2.05, 4.69) is 18.8 Å². The molecule has 0 radical (unpaired) electrons. The van der Waals surface area contributed by atoms with E-state index in [1.165, 1.54) is 6.42 Å². The highest BCUT2D eigenvalue weighted by molar-refractivity contribution is 6.46. The first-order valence-corrected chi connectivity index (χ1v) is 8.84. The molecule has 2 aromatic carbocycles. The van der Waals surface area contributed by atoms with Crippen molar-refractivity contribution in [3.05, 3.63) is 71.9 Å². The highest BCUT2D eigenvalue weighted by Crippen LogP contribution is 2.18. The van der Waals surface area contributed by atoms with Crippen molar-refractivity contribution < 1.29 is 9.59 Å². The first-order valence-electron chi connectivity index (χ1n) is 8.84. The second-order valence-corrected chi connectivity index (χ2v) is 5.37. The van der Waals surface area contributed by atoms with Crippen LogP contribution in [0.2, 0.25) is 0 Å². The van der Waals surface area contributed by atoms with Gasteiger partial charge in [-0.2, -0.15) is 0 Å². The minimum Gasteiger partial charge on any atom is -0.360 e. The van der Waals surface area contributed by atoms with Crippen LogP contribution in [0.1, 0.15) is 57.5 Å². The van der Waals surface area contributed by atoms with Crippen LogP contribution in [-0.2, 0) is 11.2 Å². The van der Waals surface area contributed by atoms with Crippen molar-refractivity contribution in [2.45, 2.75) is 48.0 Å². The van der Waals surface area contributed by atoms with Gasteiger partial charge in [0, 0.05) is 23.5 Å². The predicted octanol–water partition coefficient (Wildman–Crippen LogP) is 6.24. The first-order chi connectivity index (χ1) is 12.2. The lowest BCUT2D eigenvalue weighted by atomic mass is 10.0. The second-order valence-electron chi connectivity index (χ2n) is 5.37. The summed E-state index contributed by atoms with van der Waals surface area (Å²) >= 11 is 0. The number of H-pyrrole nitrogens is 1. The molecule has 0 fully saturated rings. The number of benzene rings is 2. The van der Waals surface area contributed by atoms with Crippen LogP contribution in [0.3, 0.4) is 0 Å². The van der Waals surface area contributed by atoms with Crippen molar-refractivity contribution in [1.29, 1.82) is 0 Å². The molecular weight excluding hydrogens is 322 g/mol. The fourth-order valence-electron chi connectivity index (χ4n) is 2.27. The molecule has 0 bridgehead atoms. The Bertz CT molecular complexity index is 788. The van der Waals surface area contributed by atoms with Crippen LogP contribution in [-0.4, -0.2) is 16.6 Å². The summed E-state index contributed by atoms with van der Waals surface area (Å²) in [6.45, 7) is 8.25. The van der Waals surface area contributed by atoms with Gasteiger partial charge >= 0.3 is 0 Å². The van der Waals surface area contributed by atoms with Crippen LogP contribution in [0, 0.1) is 0 Å². The number of carbonyl (C=O) groups is 2. The monoisotopic (exact) mass is 353 g/mol. The summed E-state index contributed by atoms with van der Waals surface area (Å²) in [5.74, 6) is -0.827. The van der Waals surface area contributed by atoms with Crippen molar-refractivity contribution in [3.8, 4) is 0 Å². The molecule has 140 valence electrons. The number of hydrogen-bond donors (Lipinski definition) is 1. The zero-order valence-corrected chi connectivity index (χ0v) is 15.5. The molecule has 3 aromatic rings. The van der Waals surface area contributed by atoms with E-state index < -0.39 is 5.78 Å². The molecule has 3 rings (SSSR count). The quantitative estimate of drug-likeness (QED) is 0.446. The van der Waals surface area contributed by atoms with Crippen molar-refractivity contribution in [2.75, 3.05) is 0 Å². The third kappa shape index (κ3) is 6.32. The number of nitrogens with one attached hydrogen (secondary N) is 1. The lowest BCUT2D eigenvalue weighted by Crippen LogP contribution is -2.16.